The summed E-state index contributed by atoms with van der Waals surface area (Å²) in [6, 6.07) is 0. The first-order valence-electron chi connectivity index (χ1n) is 6.29. The van der Waals surface area contributed by atoms with Gasteiger partial charge in [0.1, 0.15) is 5.01 Å². The molecule has 0 aliphatic carbocycles. The topological polar surface area (TPSA) is 78.3 Å². The molecule has 2 aromatic heterocycles. The van der Waals surface area contributed by atoms with Crippen molar-refractivity contribution in [3.8, 4) is 0 Å². The number of ether oxygens (including phenoxy) is 1. The van der Waals surface area contributed by atoms with Crippen LogP contribution in [0.1, 0.15) is 42.4 Å². The fourth-order valence-electron chi connectivity index (χ4n) is 2.21. The van der Waals surface area contributed by atoms with Crippen molar-refractivity contribution in [3.05, 3.63) is 10.8 Å². The van der Waals surface area contributed by atoms with Gasteiger partial charge in [-0.3, -0.25) is 0 Å². The van der Waals surface area contributed by atoms with Gasteiger partial charge in [0.25, 0.3) is 0 Å². The largest absolute Gasteiger partial charge is 0.381 e. The van der Waals surface area contributed by atoms with Crippen LogP contribution in [0, 0.1) is 0 Å². The first kappa shape index (κ1) is 12.0. The van der Waals surface area contributed by atoms with Crippen LogP contribution in [0.4, 0.5) is 0 Å². The van der Waals surface area contributed by atoms with Crippen molar-refractivity contribution in [2.24, 2.45) is 5.73 Å². The first-order valence-corrected chi connectivity index (χ1v) is 7.11. The summed E-state index contributed by atoms with van der Waals surface area (Å²) in [4.78, 5) is 0.871. The molecular weight excluding hydrogens is 250 g/mol. The molecule has 0 spiro atoms. The summed E-state index contributed by atoms with van der Waals surface area (Å²) >= 11 is 1.61. The Labute approximate surface area is 109 Å². The van der Waals surface area contributed by atoms with Crippen molar-refractivity contribution in [2.75, 3.05) is 19.8 Å². The molecule has 2 atom stereocenters. The highest BCUT2D eigenvalue weighted by molar-refractivity contribution is 7.16. The van der Waals surface area contributed by atoms with E-state index in [1.165, 1.54) is 0 Å². The second kappa shape index (κ2) is 4.91. The van der Waals surface area contributed by atoms with Crippen LogP contribution in [0.2, 0.25) is 0 Å². The maximum absolute atomic E-state index is 5.59. The van der Waals surface area contributed by atoms with Gasteiger partial charge in [0.2, 0.25) is 4.96 Å². The predicted molar refractivity (Wildman–Crippen MR) is 68.9 cm³/mol. The number of rotatable bonds is 4. The molecule has 1 aliphatic heterocycles. The summed E-state index contributed by atoms with van der Waals surface area (Å²) in [5.41, 5.74) is 5.59. The van der Waals surface area contributed by atoms with Crippen molar-refractivity contribution >= 4 is 16.3 Å². The highest BCUT2D eigenvalue weighted by atomic mass is 32.1. The van der Waals surface area contributed by atoms with Crippen LogP contribution in [0.3, 0.4) is 0 Å². The molecule has 1 fully saturated rings. The van der Waals surface area contributed by atoms with E-state index < -0.39 is 0 Å². The van der Waals surface area contributed by atoms with Gasteiger partial charge in [0.05, 0.1) is 6.61 Å². The Morgan fingerprint density at radius 3 is 3.17 bits per heavy atom. The number of hydrogen-bond acceptors (Lipinski definition) is 6. The van der Waals surface area contributed by atoms with Gasteiger partial charge in [-0.25, -0.2) is 0 Å². The Hall–Kier alpha value is -1.05. The Kier molecular flexibility index (Phi) is 3.27. The molecule has 2 N–H and O–H groups in total. The van der Waals surface area contributed by atoms with Gasteiger partial charge in [-0.2, -0.15) is 9.61 Å². The van der Waals surface area contributed by atoms with E-state index in [0.29, 0.717) is 18.4 Å². The molecule has 3 heterocycles. The second-order valence-electron chi connectivity index (χ2n) is 4.73. The Bertz CT molecular complexity index is 531. The average Bonchev–Trinajstić information content (AvgIpc) is 3.04. The van der Waals surface area contributed by atoms with Gasteiger partial charge in [-0.1, -0.05) is 18.3 Å². The molecule has 3 rings (SSSR count). The standard InChI is InChI=1S/C11H17N5OS/c1-7(2-4-12)10-15-16-9(8-3-5-17-6-8)13-14-11(16)18-10/h7-8H,2-6,12H2,1H3. The van der Waals surface area contributed by atoms with E-state index in [2.05, 4.69) is 22.2 Å². The van der Waals surface area contributed by atoms with E-state index in [9.17, 15) is 0 Å². The summed E-state index contributed by atoms with van der Waals surface area (Å²) < 4.78 is 7.28. The SMILES string of the molecule is CC(CCN)c1nn2c(C3CCOC3)nnc2s1. The molecule has 18 heavy (non-hydrogen) atoms. The van der Waals surface area contributed by atoms with Gasteiger partial charge >= 0.3 is 0 Å². The van der Waals surface area contributed by atoms with Crippen LogP contribution in [0.5, 0.6) is 0 Å². The van der Waals surface area contributed by atoms with Crippen LogP contribution < -0.4 is 5.73 Å². The normalized spacial score (nSPS) is 21.8. The van der Waals surface area contributed by atoms with E-state index in [1.807, 2.05) is 4.52 Å². The van der Waals surface area contributed by atoms with Gasteiger partial charge in [0, 0.05) is 18.4 Å². The third-order valence-corrected chi connectivity index (χ3v) is 4.48. The maximum Gasteiger partial charge on any atom is 0.234 e. The molecule has 0 amide bonds. The van der Waals surface area contributed by atoms with Gasteiger partial charge in [-0.05, 0) is 19.4 Å². The summed E-state index contributed by atoms with van der Waals surface area (Å²) in [5.74, 6) is 1.65. The molecule has 7 heteroatoms. The fraction of sp³-hybridized carbons (Fsp3) is 0.727. The lowest BCUT2D eigenvalue weighted by molar-refractivity contribution is 0.193. The van der Waals surface area contributed by atoms with E-state index in [4.69, 9.17) is 10.5 Å². The smallest absolute Gasteiger partial charge is 0.234 e. The van der Waals surface area contributed by atoms with E-state index in [0.717, 1.165) is 41.8 Å². The number of hydrogen-bond donors (Lipinski definition) is 1. The van der Waals surface area contributed by atoms with E-state index >= 15 is 0 Å². The molecule has 6 nitrogen and oxygen atoms in total. The van der Waals surface area contributed by atoms with E-state index in [1.54, 1.807) is 11.3 Å². The Balaban J connectivity index is 1.92. The lowest BCUT2D eigenvalue weighted by Gasteiger charge is -2.05. The zero-order chi connectivity index (χ0) is 12.5. The van der Waals surface area contributed by atoms with Crippen molar-refractivity contribution in [2.45, 2.75) is 31.6 Å². The molecule has 0 radical (unpaired) electrons. The van der Waals surface area contributed by atoms with E-state index in [-0.39, 0.29) is 0 Å². The lowest BCUT2D eigenvalue weighted by atomic mass is 10.1. The minimum absolute atomic E-state index is 0.333. The minimum Gasteiger partial charge on any atom is -0.381 e. The van der Waals surface area contributed by atoms with Crippen molar-refractivity contribution in [1.29, 1.82) is 0 Å². The summed E-state index contributed by atoms with van der Waals surface area (Å²) in [6.45, 7) is 4.37. The summed E-state index contributed by atoms with van der Waals surface area (Å²) in [7, 11) is 0. The fourth-order valence-corrected chi connectivity index (χ4v) is 3.14. The summed E-state index contributed by atoms with van der Waals surface area (Å²) in [6.07, 6.45) is 1.96. The van der Waals surface area contributed by atoms with Crippen molar-refractivity contribution in [1.82, 2.24) is 19.8 Å². The third kappa shape index (κ3) is 2.02. The average molecular weight is 267 g/mol. The summed E-state index contributed by atoms with van der Waals surface area (Å²) in [5, 5.41) is 14.2. The molecule has 0 bridgehead atoms. The Morgan fingerprint density at radius 1 is 1.56 bits per heavy atom. The van der Waals surface area contributed by atoms with Crippen LogP contribution in [0.15, 0.2) is 0 Å². The molecule has 1 saturated heterocycles. The second-order valence-corrected chi connectivity index (χ2v) is 5.72. The van der Waals surface area contributed by atoms with Gasteiger partial charge < -0.3 is 10.5 Å². The zero-order valence-electron chi connectivity index (χ0n) is 10.4. The number of aromatic nitrogens is 4. The molecule has 0 saturated carbocycles. The molecular formula is C11H17N5OS. The van der Waals surface area contributed by atoms with Crippen LogP contribution >= 0.6 is 11.3 Å². The quantitative estimate of drug-likeness (QED) is 0.898. The number of nitrogens with zero attached hydrogens (tertiary/aromatic N) is 4. The maximum atomic E-state index is 5.59. The van der Waals surface area contributed by atoms with Crippen LogP contribution in [0.25, 0.3) is 4.96 Å². The minimum atomic E-state index is 0.333. The Morgan fingerprint density at radius 2 is 2.44 bits per heavy atom. The van der Waals surface area contributed by atoms with Crippen molar-refractivity contribution < 1.29 is 4.74 Å². The number of nitrogens with two attached hydrogens (primary N) is 1. The van der Waals surface area contributed by atoms with Gasteiger partial charge in [-0.15, -0.1) is 10.2 Å². The highest BCUT2D eigenvalue weighted by Gasteiger charge is 2.25. The molecule has 98 valence electrons. The zero-order valence-corrected chi connectivity index (χ0v) is 11.2. The first-order chi connectivity index (χ1) is 8.79. The van der Waals surface area contributed by atoms with Crippen LogP contribution in [-0.2, 0) is 4.74 Å². The highest BCUT2D eigenvalue weighted by Crippen LogP contribution is 2.28. The van der Waals surface area contributed by atoms with Crippen molar-refractivity contribution in [3.63, 3.8) is 0 Å². The van der Waals surface area contributed by atoms with Gasteiger partial charge in [0.15, 0.2) is 5.82 Å². The molecule has 2 aromatic rings. The molecule has 2 unspecified atom stereocenters. The monoisotopic (exact) mass is 267 g/mol. The third-order valence-electron chi connectivity index (χ3n) is 3.35. The van der Waals surface area contributed by atoms with Crippen LogP contribution in [-0.4, -0.2) is 39.6 Å². The number of fused-ring (bicyclic) bond motifs is 1. The molecule has 0 aromatic carbocycles. The predicted octanol–water partition coefficient (Wildman–Crippen LogP) is 1.14. The lowest BCUT2D eigenvalue weighted by Crippen LogP contribution is -2.07. The molecule has 1 aliphatic rings.